The van der Waals surface area contributed by atoms with Crippen LogP contribution in [0.5, 0.6) is 17.2 Å². The zero-order chi connectivity index (χ0) is 20.4. The Labute approximate surface area is 169 Å². The van der Waals surface area contributed by atoms with Crippen LogP contribution in [0.25, 0.3) is 0 Å². The number of nitrogens with one attached hydrogen (secondary N) is 1. The van der Waals surface area contributed by atoms with Gasteiger partial charge in [0.1, 0.15) is 11.9 Å². The molecule has 3 aromatic rings. The Kier molecular flexibility index (Phi) is 4.99. The van der Waals surface area contributed by atoms with Crippen molar-refractivity contribution in [3.8, 4) is 17.2 Å². The van der Waals surface area contributed by atoms with Gasteiger partial charge in [-0.05, 0) is 42.5 Å². The zero-order valence-corrected chi connectivity index (χ0v) is 16.5. The van der Waals surface area contributed by atoms with Crippen molar-refractivity contribution in [3.63, 3.8) is 0 Å². The fourth-order valence-electron chi connectivity index (χ4n) is 3.61. The normalized spacial score (nSPS) is 15.3. The third-order valence-electron chi connectivity index (χ3n) is 5.01. The molecular weight excluding hydrogens is 368 g/mol. The molecule has 0 spiro atoms. The summed E-state index contributed by atoms with van der Waals surface area (Å²) in [4.78, 5) is 15.2. The molecule has 3 aromatic carbocycles. The van der Waals surface area contributed by atoms with E-state index in [0.29, 0.717) is 17.1 Å². The van der Waals surface area contributed by atoms with Crippen molar-refractivity contribution in [1.82, 2.24) is 0 Å². The molecule has 0 bridgehead atoms. The maximum atomic E-state index is 13.5. The van der Waals surface area contributed by atoms with Crippen molar-refractivity contribution in [2.24, 2.45) is 0 Å². The van der Waals surface area contributed by atoms with Gasteiger partial charge in [0.05, 0.1) is 26.9 Å². The second kappa shape index (κ2) is 7.75. The summed E-state index contributed by atoms with van der Waals surface area (Å²) in [7, 11) is 4.80. The van der Waals surface area contributed by atoms with Crippen molar-refractivity contribution < 1.29 is 19.0 Å². The van der Waals surface area contributed by atoms with E-state index in [1.54, 1.807) is 26.2 Å². The van der Waals surface area contributed by atoms with Crippen LogP contribution in [0.2, 0.25) is 0 Å². The average Bonchev–Trinajstić information content (AvgIpc) is 2.78. The topological polar surface area (TPSA) is 60.0 Å². The molecule has 0 unspecified atom stereocenters. The standard InChI is InChI=1S/C23H22N2O4/c1-27-16-13-11-15(12-14-16)25-22(18-8-6-10-20(28-2)21(18)29-3)24-19-9-5-4-7-17(19)23(25)26/h4-14,22,24H,1-3H3/t22-/m0/s1. The number of carbonyl (C=O) groups is 1. The van der Waals surface area contributed by atoms with Crippen LogP contribution in [0.3, 0.4) is 0 Å². The van der Waals surface area contributed by atoms with Gasteiger partial charge in [0, 0.05) is 16.9 Å². The lowest BCUT2D eigenvalue weighted by atomic mass is 10.0. The van der Waals surface area contributed by atoms with Gasteiger partial charge in [-0.1, -0.05) is 24.3 Å². The molecule has 6 nitrogen and oxygen atoms in total. The predicted molar refractivity (Wildman–Crippen MR) is 112 cm³/mol. The molecule has 29 heavy (non-hydrogen) atoms. The quantitative estimate of drug-likeness (QED) is 0.696. The molecule has 1 aliphatic heterocycles. The van der Waals surface area contributed by atoms with Gasteiger partial charge in [-0.2, -0.15) is 0 Å². The van der Waals surface area contributed by atoms with E-state index in [-0.39, 0.29) is 5.91 Å². The van der Waals surface area contributed by atoms with Crippen molar-refractivity contribution in [2.75, 3.05) is 31.5 Å². The van der Waals surface area contributed by atoms with Gasteiger partial charge in [0.15, 0.2) is 11.5 Å². The van der Waals surface area contributed by atoms with Gasteiger partial charge in [0.25, 0.3) is 5.91 Å². The van der Waals surface area contributed by atoms with Crippen LogP contribution < -0.4 is 24.4 Å². The van der Waals surface area contributed by atoms with E-state index in [1.165, 1.54) is 0 Å². The third-order valence-corrected chi connectivity index (χ3v) is 5.01. The molecule has 0 aliphatic carbocycles. The first kappa shape index (κ1) is 18.7. The van der Waals surface area contributed by atoms with Crippen LogP contribution in [0.15, 0.2) is 66.7 Å². The maximum Gasteiger partial charge on any atom is 0.262 e. The Balaban J connectivity index is 1.88. The minimum absolute atomic E-state index is 0.0978. The van der Waals surface area contributed by atoms with Gasteiger partial charge in [-0.25, -0.2) is 0 Å². The van der Waals surface area contributed by atoms with Gasteiger partial charge >= 0.3 is 0 Å². The lowest BCUT2D eigenvalue weighted by molar-refractivity contribution is 0.0974. The molecule has 4 rings (SSSR count). The van der Waals surface area contributed by atoms with E-state index in [0.717, 1.165) is 22.7 Å². The highest BCUT2D eigenvalue weighted by Crippen LogP contribution is 2.42. The number of hydrogen-bond donors (Lipinski definition) is 1. The SMILES string of the molecule is COc1ccc(N2C(=O)c3ccccc3N[C@@H]2c2cccc(OC)c2OC)cc1. The maximum absolute atomic E-state index is 13.5. The minimum atomic E-state index is -0.476. The lowest BCUT2D eigenvalue weighted by Gasteiger charge is -2.38. The zero-order valence-electron chi connectivity index (χ0n) is 16.5. The predicted octanol–water partition coefficient (Wildman–Crippen LogP) is 4.48. The summed E-state index contributed by atoms with van der Waals surface area (Å²) in [5.74, 6) is 1.81. The summed E-state index contributed by atoms with van der Waals surface area (Å²) in [6.45, 7) is 0. The summed E-state index contributed by atoms with van der Waals surface area (Å²) < 4.78 is 16.4. The van der Waals surface area contributed by atoms with E-state index in [4.69, 9.17) is 14.2 Å². The van der Waals surface area contributed by atoms with Crippen molar-refractivity contribution in [1.29, 1.82) is 0 Å². The summed E-state index contributed by atoms with van der Waals surface area (Å²) in [6.07, 6.45) is -0.476. The first-order valence-electron chi connectivity index (χ1n) is 9.22. The Morgan fingerprint density at radius 1 is 0.828 bits per heavy atom. The first-order valence-corrected chi connectivity index (χ1v) is 9.22. The van der Waals surface area contributed by atoms with E-state index in [1.807, 2.05) is 66.7 Å². The average molecular weight is 390 g/mol. The van der Waals surface area contributed by atoms with E-state index in [9.17, 15) is 4.79 Å². The van der Waals surface area contributed by atoms with E-state index >= 15 is 0 Å². The molecule has 0 aromatic heterocycles. The molecule has 1 N–H and O–H groups in total. The van der Waals surface area contributed by atoms with Crippen molar-refractivity contribution in [2.45, 2.75) is 6.17 Å². The highest BCUT2D eigenvalue weighted by Gasteiger charge is 2.36. The summed E-state index contributed by atoms with van der Waals surface area (Å²) >= 11 is 0. The number of methoxy groups -OCH3 is 3. The van der Waals surface area contributed by atoms with Gasteiger partial charge in [-0.15, -0.1) is 0 Å². The molecule has 0 fully saturated rings. The number of nitrogens with zero attached hydrogens (tertiary/aromatic N) is 1. The number of amides is 1. The smallest absolute Gasteiger partial charge is 0.262 e. The fourth-order valence-corrected chi connectivity index (χ4v) is 3.61. The first-order chi connectivity index (χ1) is 14.2. The number of rotatable bonds is 5. The second-order valence-corrected chi connectivity index (χ2v) is 6.55. The number of ether oxygens (including phenoxy) is 3. The van der Waals surface area contributed by atoms with Crippen LogP contribution in [0.4, 0.5) is 11.4 Å². The molecular formula is C23H22N2O4. The molecule has 1 atom stereocenters. The van der Waals surface area contributed by atoms with Crippen LogP contribution in [0, 0.1) is 0 Å². The molecule has 6 heteroatoms. The largest absolute Gasteiger partial charge is 0.497 e. The van der Waals surface area contributed by atoms with Crippen molar-refractivity contribution in [3.05, 3.63) is 77.9 Å². The van der Waals surface area contributed by atoms with Crippen LogP contribution in [0.1, 0.15) is 22.1 Å². The van der Waals surface area contributed by atoms with E-state index < -0.39 is 6.17 Å². The van der Waals surface area contributed by atoms with Gasteiger partial charge in [-0.3, -0.25) is 9.69 Å². The van der Waals surface area contributed by atoms with Crippen molar-refractivity contribution >= 4 is 17.3 Å². The number of benzene rings is 3. The molecule has 1 amide bonds. The molecule has 1 aliphatic rings. The van der Waals surface area contributed by atoms with Gasteiger partial charge < -0.3 is 19.5 Å². The second-order valence-electron chi connectivity index (χ2n) is 6.55. The van der Waals surface area contributed by atoms with Crippen LogP contribution >= 0.6 is 0 Å². The summed E-state index contributed by atoms with van der Waals surface area (Å²) in [5.41, 5.74) is 2.93. The molecule has 0 radical (unpaired) electrons. The fraction of sp³-hybridized carbons (Fsp3) is 0.174. The Morgan fingerprint density at radius 2 is 1.59 bits per heavy atom. The molecule has 1 heterocycles. The Morgan fingerprint density at radius 3 is 2.28 bits per heavy atom. The lowest BCUT2D eigenvalue weighted by Crippen LogP contribution is -2.43. The number of fused-ring (bicyclic) bond motifs is 1. The molecule has 0 saturated carbocycles. The third kappa shape index (κ3) is 3.23. The van der Waals surface area contributed by atoms with Crippen LogP contribution in [-0.2, 0) is 0 Å². The Hall–Kier alpha value is -3.67. The minimum Gasteiger partial charge on any atom is -0.497 e. The Bertz CT molecular complexity index is 1030. The summed E-state index contributed by atoms with van der Waals surface area (Å²) in [5, 5.41) is 3.49. The molecule has 148 valence electrons. The highest BCUT2D eigenvalue weighted by atomic mass is 16.5. The van der Waals surface area contributed by atoms with Gasteiger partial charge in [0.2, 0.25) is 0 Å². The number of hydrogen-bond acceptors (Lipinski definition) is 5. The molecule has 0 saturated heterocycles. The van der Waals surface area contributed by atoms with Crippen LogP contribution in [-0.4, -0.2) is 27.2 Å². The number of anilines is 2. The number of para-hydroxylation sites is 2. The number of carbonyl (C=O) groups excluding carboxylic acids is 1. The highest BCUT2D eigenvalue weighted by molar-refractivity contribution is 6.12. The van der Waals surface area contributed by atoms with E-state index in [2.05, 4.69) is 5.32 Å². The monoisotopic (exact) mass is 390 g/mol. The summed E-state index contributed by atoms with van der Waals surface area (Å²) in [6, 6.07) is 20.5.